The highest BCUT2D eigenvalue weighted by Crippen LogP contribution is 2.39. The maximum atomic E-state index is 5.84. The zero-order valence-electron chi connectivity index (χ0n) is 9.60. The van der Waals surface area contributed by atoms with Crippen LogP contribution >= 0.6 is 0 Å². The number of rotatable bonds is 1. The lowest BCUT2D eigenvalue weighted by Crippen LogP contribution is -2.31. The summed E-state index contributed by atoms with van der Waals surface area (Å²) in [7, 11) is 0. The Morgan fingerprint density at radius 1 is 1.19 bits per heavy atom. The molecule has 0 saturated carbocycles. The predicted molar refractivity (Wildman–Crippen MR) is 67.1 cm³/mol. The molecule has 2 aromatic rings. The van der Waals surface area contributed by atoms with Gasteiger partial charge in [-0.05, 0) is 36.8 Å². The summed E-state index contributed by atoms with van der Waals surface area (Å²) in [6.45, 7) is 5.23. The SMILES string of the molecule is CCN1c2cc3ccccc3cc2OC1C. The van der Waals surface area contributed by atoms with Gasteiger partial charge < -0.3 is 9.64 Å². The van der Waals surface area contributed by atoms with Gasteiger partial charge in [0, 0.05) is 6.54 Å². The summed E-state index contributed by atoms with van der Waals surface area (Å²) in [6.07, 6.45) is 0.150. The van der Waals surface area contributed by atoms with E-state index in [1.165, 1.54) is 16.5 Å². The molecule has 0 aromatic heterocycles. The van der Waals surface area contributed by atoms with E-state index < -0.39 is 0 Å². The van der Waals surface area contributed by atoms with Gasteiger partial charge in [-0.15, -0.1) is 0 Å². The van der Waals surface area contributed by atoms with E-state index in [-0.39, 0.29) is 6.23 Å². The van der Waals surface area contributed by atoms with Crippen LogP contribution in [0.3, 0.4) is 0 Å². The third kappa shape index (κ3) is 1.26. The first-order valence-electron chi connectivity index (χ1n) is 5.75. The van der Waals surface area contributed by atoms with E-state index in [4.69, 9.17) is 4.74 Å². The van der Waals surface area contributed by atoms with E-state index in [2.05, 4.69) is 55.1 Å². The van der Waals surface area contributed by atoms with Crippen LogP contribution in [-0.4, -0.2) is 12.8 Å². The third-order valence-electron chi connectivity index (χ3n) is 3.21. The second-order valence-electron chi connectivity index (χ2n) is 4.17. The fraction of sp³-hybridized carbons (Fsp3) is 0.286. The van der Waals surface area contributed by atoms with Gasteiger partial charge in [0.15, 0.2) is 6.23 Å². The Balaban J connectivity index is 2.22. The highest BCUT2D eigenvalue weighted by atomic mass is 16.5. The summed E-state index contributed by atoms with van der Waals surface area (Å²) in [5.41, 5.74) is 1.22. The zero-order valence-corrected chi connectivity index (χ0v) is 9.60. The van der Waals surface area contributed by atoms with Crippen LogP contribution in [0.2, 0.25) is 0 Å². The molecule has 3 rings (SSSR count). The van der Waals surface area contributed by atoms with E-state index in [1.54, 1.807) is 0 Å². The van der Waals surface area contributed by atoms with Crippen molar-refractivity contribution in [2.45, 2.75) is 20.1 Å². The molecule has 0 aliphatic carbocycles. The number of nitrogens with zero attached hydrogens (tertiary/aromatic N) is 1. The molecule has 1 unspecified atom stereocenters. The Hall–Kier alpha value is -1.70. The maximum Gasteiger partial charge on any atom is 0.169 e. The minimum absolute atomic E-state index is 0.150. The summed E-state index contributed by atoms with van der Waals surface area (Å²) in [6, 6.07) is 12.8. The Morgan fingerprint density at radius 2 is 1.88 bits per heavy atom. The molecule has 0 saturated heterocycles. The van der Waals surface area contributed by atoms with Crippen LogP contribution in [0.1, 0.15) is 13.8 Å². The topological polar surface area (TPSA) is 12.5 Å². The highest BCUT2D eigenvalue weighted by molar-refractivity contribution is 5.89. The first-order valence-corrected chi connectivity index (χ1v) is 5.75. The lowest BCUT2D eigenvalue weighted by atomic mass is 10.1. The van der Waals surface area contributed by atoms with Gasteiger partial charge in [-0.25, -0.2) is 0 Å². The molecule has 82 valence electrons. The highest BCUT2D eigenvalue weighted by Gasteiger charge is 2.26. The van der Waals surface area contributed by atoms with Crippen molar-refractivity contribution in [2.75, 3.05) is 11.4 Å². The Labute approximate surface area is 95.4 Å². The zero-order chi connectivity index (χ0) is 11.1. The molecule has 16 heavy (non-hydrogen) atoms. The summed E-state index contributed by atoms with van der Waals surface area (Å²) in [4.78, 5) is 2.28. The minimum Gasteiger partial charge on any atom is -0.469 e. The number of benzene rings is 2. The molecular weight excluding hydrogens is 198 g/mol. The summed E-state index contributed by atoms with van der Waals surface area (Å²) < 4.78 is 5.84. The summed E-state index contributed by atoms with van der Waals surface area (Å²) >= 11 is 0. The molecule has 0 bridgehead atoms. The van der Waals surface area contributed by atoms with Gasteiger partial charge in [-0.1, -0.05) is 24.3 Å². The minimum atomic E-state index is 0.150. The molecule has 0 amide bonds. The molecule has 2 heteroatoms. The van der Waals surface area contributed by atoms with Crippen molar-refractivity contribution in [1.82, 2.24) is 0 Å². The fourth-order valence-corrected chi connectivity index (χ4v) is 2.40. The molecule has 0 N–H and O–H groups in total. The Bertz CT molecular complexity index is 535. The molecular formula is C14H15NO. The molecule has 1 heterocycles. The third-order valence-corrected chi connectivity index (χ3v) is 3.21. The van der Waals surface area contributed by atoms with E-state index in [1.807, 2.05) is 0 Å². The van der Waals surface area contributed by atoms with Crippen molar-refractivity contribution in [3.63, 3.8) is 0 Å². The smallest absolute Gasteiger partial charge is 0.169 e. The number of fused-ring (bicyclic) bond motifs is 2. The molecule has 0 spiro atoms. The lowest BCUT2D eigenvalue weighted by molar-refractivity contribution is 0.246. The quantitative estimate of drug-likeness (QED) is 0.719. The van der Waals surface area contributed by atoms with Gasteiger partial charge in [-0.3, -0.25) is 0 Å². The maximum absolute atomic E-state index is 5.84. The van der Waals surface area contributed by atoms with Crippen LogP contribution in [0, 0.1) is 0 Å². The van der Waals surface area contributed by atoms with Gasteiger partial charge in [0.05, 0.1) is 5.69 Å². The Kier molecular flexibility index (Phi) is 2.03. The second kappa shape index (κ2) is 3.41. The Morgan fingerprint density at radius 3 is 2.56 bits per heavy atom. The molecule has 2 aromatic carbocycles. The first kappa shape index (κ1) is 9.52. The second-order valence-corrected chi connectivity index (χ2v) is 4.17. The van der Waals surface area contributed by atoms with Crippen molar-refractivity contribution in [3.05, 3.63) is 36.4 Å². The fourth-order valence-electron chi connectivity index (χ4n) is 2.40. The first-order chi connectivity index (χ1) is 7.79. The van der Waals surface area contributed by atoms with E-state index in [0.29, 0.717) is 0 Å². The van der Waals surface area contributed by atoms with Crippen molar-refractivity contribution in [2.24, 2.45) is 0 Å². The molecule has 1 atom stereocenters. The van der Waals surface area contributed by atoms with Crippen LogP contribution in [0.4, 0.5) is 5.69 Å². The van der Waals surface area contributed by atoms with Gasteiger partial charge in [0.1, 0.15) is 5.75 Å². The lowest BCUT2D eigenvalue weighted by Gasteiger charge is -2.19. The average Bonchev–Trinajstić information content (AvgIpc) is 2.60. The molecule has 1 aliphatic rings. The van der Waals surface area contributed by atoms with Crippen LogP contribution in [-0.2, 0) is 0 Å². The normalized spacial score (nSPS) is 18.6. The average molecular weight is 213 g/mol. The van der Waals surface area contributed by atoms with E-state index in [9.17, 15) is 0 Å². The largest absolute Gasteiger partial charge is 0.469 e. The van der Waals surface area contributed by atoms with Crippen molar-refractivity contribution in [3.8, 4) is 5.75 Å². The van der Waals surface area contributed by atoms with Gasteiger partial charge >= 0.3 is 0 Å². The summed E-state index contributed by atoms with van der Waals surface area (Å²) in [5, 5.41) is 2.52. The van der Waals surface area contributed by atoms with Gasteiger partial charge in [0.2, 0.25) is 0 Å². The number of anilines is 1. The number of ether oxygens (including phenoxy) is 1. The molecule has 1 aliphatic heterocycles. The van der Waals surface area contributed by atoms with Crippen LogP contribution in [0.5, 0.6) is 5.75 Å². The van der Waals surface area contributed by atoms with Crippen molar-refractivity contribution in [1.29, 1.82) is 0 Å². The predicted octanol–water partition coefficient (Wildman–Crippen LogP) is 3.40. The van der Waals surface area contributed by atoms with Crippen molar-refractivity contribution < 1.29 is 4.74 Å². The monoisotopic (exact) mass is 213 g/mol. The molecule has 0 fully saturated rings. The summed E-state index contributed by atoms with van der Waals surface area (Å²) in [5.74, 6) is 1.01. The number of hydrogen-bond donors (Lipinski definition) is 0. The molecule has 2 nitrogen and oxygen atoms in total. The van der Waals surface area contributed by atoms with Crippen LogP contribution in [0.25, 0.3) is 10.8 Å². The standard InChI is InChI=1S/C14H15NO/c1-3-15-10(2)16-14-9-12-7-5-4-6-11(12)8-13(14)15/h4-10H,3H2,1-2H3. The van der Waals surface area contributed by atoms with E-state index >= 15 is 0 Å². The molecule has 0 radical (unpaired) electrons. The van der Waals surface area contributed by atoms with E-state index in [0.717, 1.165) is 12.3 Å². The van der Waals surface area contributed by atoms with Gasteiger partial charge in [-0.2, -0.15) is 0 Å². The van der Waals surface area contributed by atoms with Crippen LogP contribution < -0.4 is 9.64 Å². The number of hydrogen-bond acceptors (Lipinski definition) is 2. The van der Waals surface area contributed by atoms with Crippen LogP contribution in [0.15, 0.2) is 36.4 Å². The van der Waals surface area contributed by atoms with Crippen molar-refractivity contribution >= 4 is 16.5 Å². The van der Waals surface area contributed by atoms with Gasteiger partial charge in [0.25, 0.3) is 0 Å².